The minimum Gasteiger partial charge on any atom is -0.479 e. The second-order valence-corrected chi connectivity index (χ2v) is 3.99. The average molecular weight is 246 g/mol. The van der Waals surface area contributed by atoms with Gasteiger partial charge in [0, 0.05) is 18.9 Å². The van der Waals surface area contributed by atoms with Crippen molar-refractivity contribution in [3.63, 3.8) is 0 Å². The third-order valence-electron chi connectivity index (χ3n) is 2.67. The lowest BCUT2D eigenvalue weighted by Gasteiger charge is -2.39. The zero-order valence-corrected chi connectivity index (χ0v) is 8.94. The number of aliphatic carboxylic acids is 1. The van der Waals surface area contributed by atoms with Gasteiger partial charge in [-0.05, 0) is 0 Å². The normalized spacial score (nSPS) is 37.2. The summed E-state index contributed by atoms with van der Waals surface area (Å²) < 4.78 is 4.68. The third-order valence-corrected chi connectivity index (χ3v) is 2.67. The molecule has 17 heavy (non-hydrogen) atoms. The largest absolute Gasteiger partial charge is 0.479 e. The van der Waals surface area contributed by atoms with Gasteiger partial charge in [-0.3, -0.25) is 0 Å². The summed E-state index contributed by atoms with van der Waals surface area (Å²) in [6.07, 6.45) is -4.35. The van der Waals surface area contributed by atoms with Gasteiger partial charge in [0.05, 0.1) is 12.2 Å². The van der Waals surface area contributed by atoms with Crippen LogP contribution in [0.25, 0.3) is 0 Å². The van der Waals surface area contributed by atoms with Gasteiger partial charge < -0.3 is 25.2 Å². The summed E-state index contributed by atoms with van der Waals surface area (Å²) in [4.78, 5) is 21.7. The summed E-state index contributed by atoms with van der Waals surface area (Å²) in [6, 6.07) is 0. The van der Waals surface area contributed by atoms with Crippen molar-refractivity contribution < 1.29 is 34.8 Å². The lowest BCUT2D eigenvalue weighted by atomic mass is 9.79. The van der Waals surface area contributed by atoms with Gasteiger partial charge in [0.1, 0.15) is 0 Å². The predicted molar refractivity (Wildman–Crippen MR) is 53.9 cm³/mol. The molecule has 0 aromatic heterocycles. The van der Waals surface area contributed by atoms with Crippen molar-refractivity contribution >= 4 is 11.9 Å². The molecule has 0 bridgehead atoms. The Morgan fingerprint density at radius 2 is 1.76 bits per heavy atom. The average Bonchev–Trinajstić information content (AvgIpc) is 2.22. The molecule has 1 aliphatic rings. The van der Waals surface area contributed by atoms with Crippen molar-refractivity contribution in [3.8, 4) is 0 Å². The molecule has 1 rings (SSSR count). The van der Waals surface area contributed by atoms with Crippen molar-refractivity contribution in [2.45, 2.75) is 36.8 Å². The van der Waals surface area contributed by atoms with Crippen molar-refractivity contribution in [1.82, 2.24) is 0 Å². The SMILES string of the molecule is C=CC(=O)OC1C(O)CC(O)(C(=O)O)C[C@@H]1O. The maximum Gasteiger partial charge on any atom is 0.335 e. The number of carbonyl (C=O) groups excluding carboxylic acids is 1. The summed E-state index contributed by atoms with van der Waals surface area (Å²) in [7, 11) is 0. The highest BCUT2D eigenvalue weighted by atomic mass is 16.6. The number of carboxylic acids is 1. The predicted octanol–water partition coefficient (Wildman–Crippen LogP) is -1.58. The Morgan fingerprint density at radius 3 is 2.12 bits per heavy atom. The van der Waals surface area contributed by atoms with Gasteiger partial charge in [0.15, 0.2) is 11.7 Å². The van der Waals surface area contributed by atoms with Gasteiger partial charge in [0.2, 0.25) is 0 Å². The standard InChI is InChI=1S/C10H14O7/c1-2-7(13)17-8-5(11)3-10(16,9(14)15)4-6(8)12/h2,5-6,8,11-12,16H,1,3-4H2,(H,14,15)/t5-,6?,8?,10?/m0/s1. The molecule has 4 atom stereocenters. The molecule has 7 heteroatoms. The lowest BCUT2D eigenvalue weighted by molar-refractivity contribution is -0.196. The number of rotatable bonds is 3. The first-order valence-corrected chi connectivity index (χ1v) is 4.95. The molecule has 96 valence electrons. The van der Waals surface area contributed by atoms with E-state index >= 15 is 0 Å². The molecule has 4 N–H and O–H groups in total. The van der Waals surface area contributed by atoms with E-state index in [-0.39, 0.29) is 0 Å². The van der Waals surface area contributed by atoms with E-state index in [9.17, 15) is 24.9 Å². The number of esters is 1. The Hall–Kier alpha value is -1.44. The highest BCUT2D eigenvalue weighted by Crippen LogP contribution is 2.31. The smallest absolute Gasteiger partial charge is 0.335 e. The lowest BCUT2D eigenvalue weighted by Crippen LogP contribution is -2.57. The van der Waals surface area contributed by atoms with Crippen LogP contribution in [0.5, 0.6) is 0 Å². The molecule has 0 aromatic rings. The molecular formula is C10H14O7. The Balaban J connectivity index is 2.78. The van der Waals surface area contributed by atoms with E-state index in [0.29, 0.717) is 0 Å². The number of carbonyl (C=O) groups is 2. The first-order valence-electron chi connectivity index (χ1n) is 4.95. The highest BCUT2D eigenvalue weighted by Gasteiger charge is 2.50. The van der Waals surface area contributed by atoms with E-state index in [1.165, 1.54) is 0 Å². The van der Waals surface area contributed by atoms with Gasteiger partial charge in [0.25, 0.3) is 0 Å². The fourth-order valence-electron chi connectivity index (χ4n) is 1.78. The van der Waals surface area contributed by atoms with Gasteiger partial charge >= 0.3 is 11.9 Å². The van der Waals surface area contributed by atoms with E-state index in [1.807, 2.05) is 0 Å². The maximum absolute atomic E-state index is 10.9. The van der Waals surface area contributed by atoms with E-state index in [0.717, 1.165) is 6.08 Å². The summed E-state index contributed by atoms with van der Waals surface area (Å²) in [5.74, 6) is -2.38. The minimum absolute atomic E-state index is 0.519. The van der Waals surface area contributed by atoms with E-state index in [4.69, 9.17) is 5.11 Å². The number of aliphatic hydroxyl groups is 3. The summed E-state index contributed by atoms with van der Waals surface area (Å²) >= 11 is 0. The molecule has 0 radical (unpaired) electrons. The van der Waals surface area contributed by atoms with E-state index in [1.54, 1.807) is 0 Å². The number of aliphatic hydroxyl groups excluding tert-OH is 2. The molecule has 0 aliphatic heterocycles. The zero-order valence-electron chi connectivity index (χ0n) is 8.94. The molecule has 1 aliphatic carbocycles. The fraction of sp³-hybridized carbons (Fsp3) is 0.600. The third kappa shape index (κ3) is 2.82. The van der Waals surface area contributed by atoms with Crippen LogP contribution in [0.1, 0.15) is 12.8 Å². The first kappa shape index (κ1) is 13.6. The van der Waals surface area contributed by atoms with Crippen molar-refractivity contribution in [1.29, 1.82) is 0 Å². The van der Waals surface area contributed by atoms with E-state index in [2.05, 4.69) is 11.3 Å². The van der Waals surface area contributed by atoms with Crippen LogP contribution in [0, 0.1) is 0 Å². The molecular weight excluding hydrogens is 232 g/mol. The molecule has 0 aromatic carbocycles. The first-order chi connectivity index (χ1) is 7.80. The topological polar surface area (TPSA) is 124 Å². The van der Waals surface area contributed by atoms with Crippen LogP contribution >= 0.6 is 0 Å². The zero-order chi connectivity index (χ0) is 13.2. The van der Waals surface area contributed by atoms with Crippen LogP contribution in [0.2, 0.25) is 0 Å². The number of ether oxygens (including phenoxy) is 1. The molecule has 1 fully saturated rings. The number of carboxylic acid groups (broad SMARTS) is 1. The summed E-state index contributed by atoms with van der Waals surface area (Å²) in [5, 5.41) is 37.5. The maximum atomic E-state index is 10.9. The quantitative estimate of drug-likeness (QED) is 0.349. The van der Waals surface area contributed by atoms with Crippen molar-refractivity contribution in [2.24, 2.45) is 0 Å². The Morgan fingerprint density at radius 1 is 1.29 bits per heavy atom. The molecule has 0 amide bonds. The molecule has 3 unspecified atom stereocenters. The minimum atomic E-state index is -2.21. The van der Waals surface area contributed by atoms with Crippen LogP contribution < -0.4 is 0 Å². The highest BCUT2D eigenvalue weighted by molar-refractivity contribution is 5.81. The van der Waals surface area contributed by atoms with Crippen molar-refractivity contribution in [3.05, 3.63) is 12.7 Å². The Labute approximate surface area is 96.9 Å². The monoisotopic (exact) mass is 246 g/mol. The van der Waals surface area contributed by atoms with Crippen LogP contribution in [-0.4, -0.2) is 56.3 Å². The molecule has 1 saturated carbocycles. The van der Waals surface area contributed by atoms with Gasteiger partial charge in [-0.25, -0.2) is 9.59 Å². The molecule has 0 saturated heterocycles. The fourth-order valence-corrected chi connectivity index (χ4v) is 1.78. The summed E-state index contributed by atoms with van der Waals surface area (Å²) in [6.45, 7) is 3.15. The Kier molecular flexibility index (Phi) is 3.87. The molecule has 7 nitrogen and oxygen atoms in total. The number of hydrogen-bond acceptors (Lipinski definition) is 6. The van der Waals surface area contributed by atoms with Gasteiger partial charge in [-0.2, -0.15) is 0 Å². The van der Waals surface area contributed by atoms with Crippen LogP contribution in [0.4, 0.5) is 0 Å². The second-order valence-electron chi connectivity index (χ2n) is 3.99. The van der Waals surface area contributed by atoms with Crippen molar-refractivity contribution in [2.75, 3.05) is 0 Å². The second kappa shape index (κ2) is 4.82. The summed E-state index contributed by atoms with van der Waals surface area (Å²) in [5.41, 5.74) is -2.21. The van der Waals surface area contributed by atoms with Crippen LogP contribution in [0.15, 0.2) is 12.7 Å². The van der Waals surface area contributed by atoms with Crippen LogP contribution in [0.3, 0.4) is 0 Å². The number of hydrogen-bond donors (Lipinski definition) is 4. The van der Waals surface area contributed by atoms with Gasteiger partial charge in [-0.15, -0.1) is 0 Å². The van der Waals surface area contributed by atoms with Crippen LogP contribution in [-0.2, 0) is 14.3 Å². The molecule has 0 heterocycles. The van der Waals surface area contributed by atoms with Gasteiger partial charge in [-0.1, -0.05) is 6.58 Å². The molecule has 0 spiro atoms. The Bertz CT molecular complexity index is 326. The van der Waals surface area contributed by atoms with E-state index < -0.39 is 48.7 Å².